The van der Waals surface area contributed by atoms with Crippen molar-refractivity contribution in [2.24, 2.45) is 5.92 Å². The lowest BCUT2D eigenvalue weighted by Gasteiger charge is -2.30. The van der Waals surface area contributed by atoms with Crippen LogP contribution in [-0.2, 0) is 6.54 Å². The minimum atomic E-state index is -0.191. The fraction of sp³-hybridized carbons (Fsp3) is 0.500. The van der Waals surface area contributed by atoms with Crippen LogP contribution in [0.25, 0.3) is 0 Å². The quantitative estimate of drug-likeness (QED) is 0.701. The van der Waals surface area contributed by atoms with Crippen molar-refractivity contribution in [3.63, 3.8) is 0 Å². The highest BCUT2D eigenvalue weighted by atomic mass is 19.1. The number of anilines is 1. The van der Waals surface area contributed by atoms with Gasteiger partial charge in [-0.3, -0.25) is 0 Å². The molecule has 0 spiro atoms. The highest BCUT2D eigenvalue weighted by Gasteiger charge is 2.20. The molecule has 1 aliphatic carbocycles. The van der Waals surface area contributed by atoms with Gasteiger partial charge in [0.15, 0.2) is 0 Å². The lowest BCUT2D eigenvalue weighted by molar-refractivity contribution is 0.279. The monoisotopic (exact) mass is 316 g/mol. The molecule has 0 amide bonds. The van der Waals surface area contributed by atoms with Crippen LogP contribution in [0.3, 0.4) is 0 Å². The van der Waals surface area contributed by atoms with E-state index in [9.17, 15) is 4.39 Å². The van der Waals surface area contributed by atoms with E-state index < -0.39 is 0 Å². The van der Waals surface area contributed by atoms with E-state index in [4.69, 9.17) is 0 Å². The van der Waals surface area contributed by atoms with Gasteiger partial charge in [-0.05, 0) is 36.5 Å². The van der Waals surface area contributed by atoms with Crippen molar-refractivity contribution in [3.05, 3.63) is 54.9 Å². The average molecular weight is 316 g/mol. The third-order valence-electron chi connectivity index (χ3n) is 4.73. The standard InChI is InChI=1S/C20H29FN2/c1-4-12-23(13-5-2)20-14-17(10-11-18(20)21)15-22-19-9-7-6-8-16(19)3/h4-5,10-11,14,16,19,22H,1-2,6-9,12-13,15H2,3H3. The second-order valence-corrected chi connectivity index (χ2v) is 6.52. The molecule has 1 N–H and O–H groups in total. The van der Waals surface area contributed by atoms with Crippen LogP contribution in [0.15, 0.2) is 43.5 Å². The van der Waals surface area contributed by atoms with E-state index >= 15 is 0 Å². The van der Waals surface area contributed by atoms with Gasteiger partial charge in [0.2, 0.25) is 0 Å². The van der Waals surface area contributed by atoms with Gasteiger partial charge in [-0.15, -0.1) is 13.2 Å². The molecule has 0 saturated heterocycles. The fourth-order valence-electron chi connectivity index (χ4n) is 3.36. The van der Waals surface area contributed by atoms with E-state index in [2.05, 4.69) is 25.4 Å². The van der Waals surface area contributed by atoms with Crippen LogP contribution in [0.5, 0.6) is 0 Å². The molecule has 0 aromatic heterocycles. The van der Waals surface area contributed by atoms with Gasteiger partial charge in [0.05, 0.1) is 5.69 Å². The number of nitrogens with zero attached hydrogens (tertiary/aromatic N) is 1. The molecule has 0 radical (unpaired) electrons. The van der Waals surface area contributed by atoms with Crippen molar-refractivity contribution >= 4 is 5.69 Å². The first kappa shape index (κ1) is 17.7. The Labute approximate surface area is 140 Å². The summed E-state index contributed by atoms with van der Waals surface area (Å²) in [7, 11) is 0. The summed E-state index contributed by atoms with van der Waals surface area (Å²) in [5.74, 6) is 0.533. The highest BCUT2D eigenvalue weighted by Crippen LogP contribution is 2.25. The Kier molecular flexibility index (Phi) is 6.85. The number of benzene rings is 1. The number of nitrogens with one attached hydrogen (secondary N) is 1. The Balaban J connectivity index is 2.06. The average Bonchev–Trinajstić information content (AvgIpc) is 2.55. The number of hydrogen-bond acceptors (Lipinski definition) is 2. The first-order valence-corrected chi connectivity index (χ1v) is 8.64. The second-order valence-electron chi connectivity index (χ2n) is 6.52. The molecule has 0 heterocycles. The Morgan fingerprint density at radius 3 is 2.57 bits per heavy atom. The van der Waals surface area contributed by atoms with Gasteiger partial charge in [-0.2, -0.15) is 0 Å². The van der Waals surface area contributed by atoms with E-state index in [1.54, 1.807) is 18.2 Å². The summed E-state index contributed by atoms with van der Waals surface area (Å²) in [5, 5.41) is 3.66. The van der Waals surface area contributed by atoms with E-state index in [0.29, 0.717) is 24.8 Å². The van der Waals surface area contributed by atoms with Crippen LogP contribution >= 0.6 is 0 Å². The summed E-state index contributed by atoms with van der Waals surface area (Å²) in [6.45, 7) is 11.8. The largest absolute Gasteiger partial charge is 0.362 e. The lowest BCUT2D eigenvalue weighted by Crippen LogP contribution is -2.36. The second kappa shape index (κ2) is 8.88. The Morgan fingerprint density at radius 2 is 1.91 bits per heavy atom. The van der Waals surface area contributed by atoms with Crippen molar-refractivity contribution in [2.45, 2.75) is 45.2 Å². The summed E-state index contributed by atoms with van der Waals surface area (Å²) in [5.41, 5.74) is 1.75. The first-order valence-electron chi connectivity index (χ1n) is 8.64. The Hall–Kier alpha value is -1.61. The van der Waals surface area contributed by atoms with Crippen LogP contribution in [0.2, 0.25) is 0 Å². The zero-order valence-corrected chi connectivity index (χ0v) is 14.2. The molecular weight excluding hydrogens is 287 g/mol. The van der Waals surface area contributed by atoms with Crippen LogP contribution in [-0.4, -0.2) is 19.1 Å². The molecule has 126 valence electrons. The zero-order chi connectivity index (χ0) is 16.7. The predicted molar refractivity (Wildman–Crippen MR) is 97.3 cm³/mol. The van der Waals surface area contributed by atoms with Crippen molar-refractivity contribution in [2.75, 3.05) is 18.0 Å². The summed E-state index contributed by atoms with van der Waals surface area (Å²) in [4.78, 5) is 1.95. The first-order chi connectivity index (χ1) is 11.2. The highest BCUT2D eigenvalue weighted by molar-refractivity contribution is 5.51. The molecule has 1 aromatic rings. The van der Waals surface area contributed by atoms with Crippen molar-refractivity contribution in [1.82, 2.24) is 5.32 Å². The molecule has 1 aromatic carbocycles. The normalized spacial score (nSPS) is 21.0. The molecule has 1 aliphatic rings. The molecule has 1 saturated carbocycles. The molecule has 0 aliphatic heterocycles. The smallest absolute Gasteiger partial charge is 0.146 e. The molecule has 0 bridgehead atoms. The Bertz CT molecular complexity index is 516. The summed E-state index contributed by atoms with van der Waals surface area (Å²) < 4.78 is 14.2. The Morgan fingerprint density at radius 1 is 1.22 bits per heavy atom. The van der Waals surface area contributed by atoms with Crippen LogP contribution in [0, 0.1) is 11.7 Å². The maximum atomic E-state index is 14.2. The third-order valence-corrected chi connectivity index (χ3v) is 4.73. The molecule has 23 heavy (non-hydrogen) atoms. The fourth-order valence-corrected chi connectivity index (χ4v) is 3.36. The molecule has 2 rings (SSSR count). The van der Waals surface area contributed by atoms with Gasteiger partial charge in [-0.1, -0.05) is 38.0 Å². The molecular formula is C20H29FN2. The van der Waals surface area contributed by atoms with Gasteiger partial charge in [0.1, 0.15) is 5.82 Å². The number of halogens is 1. The van der Waals surface area contributed by atoms with Crippen LogP contribution < -0.4 is 10.2 Å². The van der Waals surface area contributed by atoms with E-state index in [0.717, 1.165) is 18.0 Å². The zero-order valence-electron chi connectivity index (χ0n) is 14.2. The topological polar surface area (TPSA) is 15.3 Å². The van der Waals surface area contributed by atoms with Gasteiger partial charge in [0.25, 0.3) is 0 Å². The molecule has 2 atom stereocenters. The third kappa shape index (κ3) is 4.93. The van der Waals surface area contributed by atoms with Crippen molar-refractivity contribution in [3.8, 4) is 0 Å². The van der Waals surface area contributed by atoms with Gasteiger partial charge in [0, 0.05) is 25.7 Å². The predicted octanol–water partition coefficient (Wildman–Crippen LogP) is 4.67. The van der Waals surface area contributed by atoms with Gasteiger partial charge >= 0.3 is 0 Å². The minimum Gasteiger partial charge on any atom is -0.362 e. The summed E-state index contributed by atoms with van der Waals surface area (Å²) in [6, 6.07) is 5.97. The van der Waals surface area contributed by atoms with E-state index in [1.165, 1.54) is 25.7 Å². The minimum absolute atomic E-state index is 0.191. The molecule has 3 heteroatoms. The van der Waals surface area contributed by atoms with Gasteiger partial charge in [-0.25, -0.2) is 4.39 Å². The van der Waals surface area contributed by atoms with E-state index in [1.807, 2.05) is 17.0 Å². The number of hydrogen-bond donors (Lipinski definition) is 1. The maximum Gasteiger partial charge on any atom is 0.146 e. The van der Waals surface area contributed by atoms with Gasteiger partial charge < -0.3 is 10.2 Å². The molecule has 2 nitrogen and oxygen atoms in total. The summed E-state index contributed by atoms with van der Waals surface area (Å²) >= 11 is 0. The summed E-state index contributed by atoms with van der Waals surface area (Å²) in [6.07, 6.45) is 8.78. The molecule has 2 unspecified atom stereocenters. The van der Waals surface area contributed by atoms with Crippen LogP contribution in [0.1, 0.15) is 38.2 Å². The number of rotatable bonds is 8. The lowest BCUT2D eigenvalue weighted by atomic mass is 9.86. The van der Waals surface area contributed by atoms with Crippen molar-refractivity contribution in [1.29, 1.82) is 0 Å². The molecule has 1 fully saturated rings. The van der Waals surface area contributed by atoms with E-state index in [-0.39, 0.29) is 5.82 Å². The maximum absolute atomic E-state index is 14.2. The van der Waals surface area contributed by atoms with Crippen LogP contribution in [0.4, 0.5) is 10.1 Å². The SMILES string of the molecule is C=CCN(CC=C)c1cc(CNC2CCCCC2C)ccc1F. The van der Waals surface area contributed by atoms with Crippen molar-refractivity contribution < 1.29 is 4.39 Å².